The molecule has 0 radical (unpaired) electrons. The normalized spacial score (nSPS) is 18.4. The summed E-state index contributed by atoms with van der Waals surface area (Å²) in [6, 6.07) is 2.88. The van der Waals surface area contributed by atoms with Gasteiger partial charge in [0.2, 0.25) is 5.88 Å². The molecule has 3 aromatic heterocycles. The number of piperidine rings is 1. The van der Waals surface area contributed by atoms with Crippen LogP contribution in [0, 0.1) is 6.92 Å². The summed E-state index contributed by atoms with van der Waals surface area (Å²) in [6.07, 6.45) is -9.43. The number of hydrogen-bond acceptors (Lipinski definition) is 9. The Labute approximate surface area is 227 Å². The number of carbonyl (C=O) groups is 1. The molecule has 1 amide bonds. The number of anilines is 3. The molecule has 0 spiro atoms. The Morgan fingerprint density at radius 1 is 1.12 bits per heavy atom. The lowest BCUT2D eigenvalue weighted by Gasteiger charge is -2.34. The molecule has 4 heterocycles. The highest BCUT2D eigenvalue weighted by molar-refractivity contribution is 7.10. The molecule has 17 heteroatoms. The largest absolute Gasteiger partial charge is 0.471 e. The Morgan fingerprint density at radius 2 is 1.90 bits per heavy atom. The first-order valence-electron chi connectivity index (χ1n) is 11.8. The Balaban J connectivity index is 1.33. The number of rotatable bonds is 8. The lowest BCUT2D eigenvalue weighted by Crippen LogP contribution is -2.47. The zero-order chi connectivity index (χ0) is 29.1. The highest BCUT2D eigenvalue weighted by Crippen LogP contribution is 2.30. The molecule has 0 unspecified atom stereocenters. The van der Waals surface area contributed by atoms with E-state index in [2.05, 4.69) is 30.0 Å². The summed E-state index contributed by atoms with van der Waals surface area (Å²) in [5.74, 6) is -0.531. The third-order valence-electron chi connectivity index (χ3n) is 5.82. The van der Waals surface area contributed by atoms with Gasteiger partial charge in [-0.15, -0.1) is 0 Å². The molecule has 40 heavy (non-hydrogen) atoms. The standard InChI is InChI=1S/C23H22F7N7O2S/c1-12-19(21(40-36-12)35-17-10-31-16(9-32-17)23(28,29)30)20(38)34-13-2-3-18(33-8-13)39-15-4-6-37(11-14(15)24)7-5-22(25,26)27/h2-3,8-10,14-15H,4-7,11H2,1H3,(H,32,35)(H,34,38)/t14-,15-/m1/s1. The van der Waals surface area contributed by atoms with Gasteiger partial charge in [0, 0.05) is 25.7 Å². The van der Waals surface area contributed by atoms with Crippen molar-refractivity contribution in [3.63, 3.8) is 0 Å². The van der Waals surface area contributed by atoms with Crippen LogP contribution in [0.15, 0.2) is 30.7 Å². The molecule has 2 atom stereocenters. The van der Waals surface area contributed by atoms with Crippen molar-refractivity contribution in [2.45, 2.75) is 44.4 Å². The Kier molecular flexibility index (Phi) is 8.72. The van der Waals surface area contributed by atoms with Gasteiger partial charge in [-0.3, -0.25) is 9.69 Å². The van der Waals surface area contributed by atoms with Gasteiger partial charge in [-0.25, -0.2) is 19.3 Å². The van der Waals surface area contributed by atoms with Crippen LogP contribution in [-0.2, 0) is 6.18 Å². The lowest BCUT2D eigenvalue weighted by molar-refractivity contribution is -0.141. The number of nitrogens with zero attached hydrogens (tertiary/aromatic N) is 5. The van der Waals surface area contributed by atoms with E-state index < -0.39 is 42.7 Å². The van der Waals surface area contributed by atoms with Crippen molar-refractivity contribution >= 4 is 33.9 Å². The van der Waals surface area contributed by atoms with Crippen molar-refractivity contribution in [2.24, 2.45) is 0 Å². The zero-order valence-electron chi connectivity index (χ0n) is 20.7. The number of carbonyl (C=O) groups excluding carboxylic acids is 1. The van der Waals surface area contributed by atoms with E-state index in [-0.39, 0.29) is 54.0 Å². The van der Waals surface area contributed by atoms with Gasteiger partial charge >= 0.3 is 12.4 Å². The summed E-state index contributed by atoms with van der Waals surface area (Å²) in [7, 11) is 0. The van der Waals surface area contributed by atoms with Crippen LogP contribution in [0.2, 0.25) is 0 Å². The second-order valence-corrected chi connectivity index (χ2v) is 9.62. The average Bonchev–Trinajstić information content (AvgIpc) is 3.24. The average molecular weight is 594 g/mol. The predicted octanol–water partition coefficient (Wildman–Crippen LogP) is 5.39. The molecule has 1 aliphatic rings. The van der Waals surface area contributed by atoms with Gasteiger partial charge in [-0.2, -0.15) is 30.7 Å². The minimum Gasteiger partial charge on any atom is -0.471 e. The topological polar surface area (TPSA) is 105 Å². The third kappa shape index (κ3) is 7.74. The van der Waals surface area contributed by atoms with Gasteiger partial charge in [-0.1, -0.05) is 0 Å². The smallest absolute Gasteiger partial charge is 0.434 e. The van der Waals surface area contributed by atoms with Crippen molar-refractivity contribution in [2.75, 3.05) is 30.3 Å². The minimum absolute atomic E-state index is 0.0220. The van der Waals surface area contributed by atoms with Crippen LogP contribution in [0.4, 0.5) is 47.2 Å². The quantitative estimate of drug-likeness (QED) is 0.335. The summed E-state index contributed by atoms with van der Waals surface area (Å²) in [5, 5.41) is 5.59. The number of nitrogens with one attached hydrogen (secondary N) is 2. The number of ether oxygens (including phenoxy) is 1. The van der Waals surface area contributed by atoms with E-state index in [4.69, 9.17) is 4.74 Å². The maximum absolute atomic E-state index is 14.5. The minimum atomic E-state index is -4.64. The fourth-order valence-corrected chi connectivity index (χ4v) is 4.62. The fraction of sp³-hybridized carbons (Fsp3) is 0.435. The second kappa shape index (κ2) is 11.9. The molecule has 1 saturated heterocycles. The molecule has 216 valence electrons. The summed E-state index contributed by atoms with van der Waals surface area (Å²) in [4.78, 5) is 25.4. The van der Waals surface area contributed by atoms with Gasteiger partial charge in [-0.05, 0) is 30.9 Å². The van der Waals surface area contributed by atoms with Gasteiger partial charge in [0.05, 0.1) is 42.0 Å². The van der Waals surface area contributed by atoms with Gasteiger partial charge in [0.1, 0.15) is 23.1 Å². The second-order valence-electron chi connectivity index (χ2n) is 8.85. The summed E-state index contributed by atoms with van der Waals surface area (Å²) >= 11 is 0.904. The number of alkyl halides is 7. The molecule has 1 fully saturated rings. The number of pyridine rings is 1. The number of amides is 1. The summed E-state index contributed by atoms with van der Waals surface area (Å²) in [5.41, 5.74) is -0.412. The highest BCUT2D eigenvalue weighted by atomic mass is 32.1. The molecule has 0 aliphatic carbocycles. The molecule has 0 saturated carbocycles. The van der Waals surface area contributed by atoms with Crippen molar-refractivity contribution < 1.29 is 40.3 Å². The third-order valence-corrected chi connectivity index (χ3v) is 6.67. The number of aryl methyl sites for hydroxylation is 1. The highest BCUT2D eigenvalue weighted by Gasteiger charge is 2.34. The van der Waals surface area contributed by atoms with E-state index in [0.29, 0.717) is 11.9 Å². The van der Waals surface area contributed by atoms with E-state index in [1.54, 1.807) is 6.92 Å². The van der Waals surface area contributed by atoms with Crippen LogP contribution in [0.5, 0.6) is 5.88 Å². The van der Waals surface area contributed by atoms with E-state index in [1.165, 1.54) is 23.2 Å². The fourth-order valence-electron chi connectivity index (χ4n) is 3.82. The van der Waals surface area contributed by atoms with Crippen LogP contribution < -0.4 is 15.4 Å². The number of hydrogen-bond donors (Lipinski definition) is 2. The first-order chi connectivity index (χ1) is 18.8. The zero-order valence-corrected chi connectivity index (χ0v) is 21.5. The maximum Gasteiger partial charge on any atom is 0.434 e. The van der Waals surface area contributed by atoms with E-state index in [0.717, 1.165) is 17.7 Å². The monoisotopic (exact) mass is 593 g/mol. The van der Waals surface area contributed by atoms with Crippen LogP contribution >= 0.6 is 11.5 Å². The molecule has 0 aromatic carbocycles. The van der Waals surface area contributed by atoms with Gasteiger partial charge in [0.15, 0.2) is 5.69 Å². The number of likely N-dealkylation sites (tertiary alicyclic amines) is 1. The summed E-state index contributed by atoms with van der Waals surface area (Å²) < 4.78 is 99.6. The molecule has 4 rings (SSSR count). The molecule has 9 nitrogen and oxygen atoms in total. The van der Waals surface area contributed by atoms with Crippen LogP contribution in [0.1, 0.15) is 34.6 Å². The van der Waals surface area contributed by atoms with Gasteiger partial charge < -0.3 is 15.4 Å². The van der Waals surface area contributed by atoms with Crippen molar-refractivity contribution in [3.05, 3.63) is 47.7 Å². The SMILES string of the molecule is Cc1nsc(Nc2cnc(C(F)(F)F)cn2)c1C(=O)Nc1ccc(O[C@@H]2CCN(CCC(F)(F)F)C[C@H]2F)nc1. The van der Waals surface area contributed by atoms with E-state index >= 15 is 0 Å². The van der Waals surface area contributed by atoms with Crippen molar-refractivity contribution in [1.82, 2.24) is 24.2 Å². The molecule has 0 bridgehead atoms. The van der Waals surface area contributed by atoms with E-state index in [9.17, 15) is 35.5 Å². The Morgan fingerprint density at radius 3 is 2.50 bits per heavy atom. The first kappa shape index (κ1) is 29.4. The maximum atomic E-state index is 14.5. The molecule has 3 aromatic rings. The van der Waals surface area contributed by atoms with Crippen LogP contribution in [-0.4, -0.2) is 68.2 Å². The van der Waals surface area contributed by atoms with Crippen LogP contribution in [0.3, 0.4) is 0 Å². The molecular weight excluding hydrogens is 571 g/mol. The molecule has 2 N–H and O–H groups in total. The Bertz CT molecular complexity index is 1300. The Hall–Kier alpha value is -3.60. The van der Waals surface area contributed by atoms with Crippen molar-refractivity contribution in [3.8, 4) is 5.88 Å². The van der Waals surface area contributed by atoms with Crippen molar-refractivity contribution in [1.29, 1.82) is 0 Å². The van der Waals surface area contributed by atoms with E-state index in [1.807, 2.05) is 0 Å². The molecule has 1 aliphatic heterocycles. The van der Waals surface area contributed by atoms with Crippen LogP contribution in [0.25, 0.3) is 0 Å². The van der Waals surface area contributed by atoms with Gasteiger partial charge in [0.25, 0.3) is 5.91 Å². The number of aromatic nitrogens is 4. The summed E-state index contributed by atoms with van der Waals surface area (Å²) in [6.45, 7) is 1.36. The number of halogens is 7. The lowest BCUT2D eigenvalue weighted by atomic mass is 10.1. The molecular formula is C23H22F7N7O2S. The first-order valence-corrected chi connectivity index (χ1v) is 12.6. The predicted molar refractivity (Wildman–Crippen MR) is 130 cm³/mol.